The first-order valence-electron chi connectivity index (χ1n) is 10.2. The summed E-state index contributed by atoms with van der Waals surface area (Å²) < 4.78 is 46.6. The van der Waals surface area contributed by atoms with Gasteiger partial charge in [-0.2, -0.15) is 13.5 Å². The molecule has 0 unspecified atom stereocenters. The molecule has 0 atom stereocenters. The normalized spacial score (nSPS) is 11.2. The van der Waals surface area contributed by atoms with E-state index in [1.54, 1.807) is 42.5 Å². The molecule has 35 heavy (non-hydrogen) atoms. The van der Waals surface area contributed by atoms with Crippen LogP contribution in [0, 0.1) is 0 Å². The van der Waals surface area contributed by atoms with Crippen molar-refractivity contribution >= 4 is 22.1 Å². The maximum absolute atomic E-state index is 12.6. The van der Waals surface area contributed by atoms with Gasteiger partial charge in [-0.05, 0) is 48.0 Å². The Kier molecular flexibility index (Phi) is 8.16. The van der Waals surface area contributed by atoms with Gasteiger partial charge in [0.1, 0.15) is 18.1 Å². The molecule has 0 aliphatic carbocycles. The highest BCUT2D eigenvalue weighted by Gasteiger charge is 2.16. The van der Waals surface area contributed by atoms with Crippen molar-refractivity contribution in [3.8, 4) is 23.0 Å². The Bertz CT molecular complexity index is 1340. The van der Waals surface area contributed by atoms with Crippen LogP contribution in [0.15, 0.2) is 70.7 Å². The predicted octanol–water partition coefficient (Wildman–Crippen LogP) is 2.70. The summed E-state index contributed by atoms with van der Waals surface area (Å²) in [5.74, 6) is 0.960. The van der Waals surface area contributed by atoms with Crippen LogP contribution < -0.4 is 29.5 Å². The minimum atomic E-state index is -3.95. The van der Waals surface area contributed by atoms with Gasteiger partial charge in [-0.1, -0.05) is 12.1 Å². The molecule has 0 aromatic heterocycles. The second-order valence-electron chi connectivity index (χ2n) is 7.09. The van der Waals surface area contributed by atoms with Gasteiger partial charge in [0, 0.05) is 11.6 Å². The van der Waals surface area contributed by atoms with Gasteiger partial charge in [0.25, 0.3) is 15.9 Å². The highest BCUT2D eigenvalue weighted by Crippen LogP contribution is 2.29. The Morgan fingerprint density at radius 2 is 1.60 bits per heavy atom. The number of amides is 1. The number of hydrogen-bond donors (Lipinski definition) is 2. The second-order valence-corrected chi connectivity index (χ2v) is 8.75. The Morgan fingerprint density at radius 3 is 2.29 bits per heavy atom. The number of para-hydroxylation sites is 1. The van der Waals surface area contributed by atoms with E-state index in [0.29, 0.717) is 28.4 Å². The molecule has 0 saturated heterocycles. The molecule has 1 amide bonds. The number of hydrazone groups is 1. The van der Waals surface area contributed by atoms with Gasteiger partial charge in [0.05, 0.1) is 38.0 Å². The SMILES string of the molecule is COc1ccc(/C=N/NS(=O)(=O)c2ccc(OC)c(OC)c2)cc1COc1ccccc1C(N)=O. The fraction of sp³-hybridized carbons (Fsp3) is 0.167. The molecule has 0 spiro atoms. The summed E-state index contributed by atoms with van der Waals surface area (Å²) >= 11 is 0. The Balaban J connectivity index is 1.76. The molecule has 0 heterocycles. The molecule has 0 fully saturated rings. The molecule has 0 bridgehead atoms. The van der Waals surface area contributed by atoms with Crippen LogP contribution in [0.2, 0.25) is 0 Å². The van der Waals surface area contributed by atoms with Crippen LogP contribution in [0.1, 0.15) is 21.5 Å². The van der Waals surface area contributed by atoms with Crippen molar-refractivity contribution in [3.63, 3.8) is 0 Å². The van der Waals surface area contributed by atoms with E-state index in [4.69, 9.17) is 24.7 Å². The summed E-state index contributed by atoms with van der Waals surface area (Å²) in [5, 5.41) is 3.86. The van der Waals surface area contributed by atoms with E-state index in [-0.39, 0.29) is 22.8 Å². The van der Waals surface area contributed by atoms with Gasteiger partial charge in [0.2, 0.25) is 0 Å². The summed E-state index contributed by atoms with van der Waals surface area (Å²) in [4.78, 5) is 13.7. The lowest BCUT2D eigenvalue weighted by atomic mass is 10.1. The Hall–Kier alpha value is -4.25. The molecule has 3 aromatic carbocycles. The summed E-state index contributed by atoms with van der Waals surface area (Å²) in [7, 11) is 0.440. The standard InChI is InChI=1S/C24H25N3O7S/c1-31-20-10-8-16(12-17(20)15-34-21-7-5-4-6-19(21)24(25)28)14-26-27-35(29,30)18-9-11-22(32-2)23(13-18)33-3/h4-14,27H,15H2,1-3H3,(H2,25,28)/b26-14+. The fourth-order valence-electron chi connectivity index (χ4n) is 3.15. The van der Waals surface area contributed by atoms with Crippen LogP contribution in [0.4, 0.5) is 0 Å². The van der Waals surface area contributed by atoms with Gasteiger partial charge >= 0.3 is 0 Å². The second kappa shape index (κ2) is 11.3. The van der Waals surface area contributed by atoms with Crippen molar-refractivity contribution in [3.05, 3.63) is 77.4 Å². The average Bonchev–Trinajstić information content (AvgIpc) is 2.87. The Morgan fingerprint density at radius 1 is 0.914 bits per heavy atom. The van der Waals surface area contributed by atoms with E-state index in [1.165, 1.54) is 45.7 Å². The number of nitrogens with one attached hydrogen (secondary N) is 1. The van der Waals surface area contributed by atoms with E-state index in [2.05, 4.69) is 9.93 Å². The number of nitrogens with two attached hydrogens (primary N) is 1. The first-order chi connectivity index (χ1) is 16.8. The molecular formula is C24H25N3O7S. The zero-order valence-corrected chi connectivity index (χ0v) is 20.2. The minimum absolute atomic E-state index is 0.0377. The van der Waals surface area contributed by atoms with Crippen LogP contribution in [-0.4, -0.2) is 41.9 Å². The molecule has 3 N–H and O–H groups in total. The maximum atomic E-state index is 12.6. The van der Waals surface area contributed by atoms with E-state index < -0.39 is 15.9 Å². The molecule has 184 valence electrons. The number of sulfonamides is 1. The highest BCUT2D eigenvalue weighted by molar-refractivity contribution is 7.89. The zero-order valence-electron chi connectivity index (χ0n) is 19.3. The monoisotopic (exact) mass is 499 g/mol. The van der Waals surface area contributed by atoms with E-state index in [9.17, 15) is 13.2 Å². The lowest BCUT2D eigenvalue weighted by Crippen LogP contribution is -2.18. The third-order valence-electron chi connectivity index (χ3n) is 4.89. The van der Waals surface area contributed by atoms with Gasteiger partial charge < -0.3 is 24.7 Å². The molecule has 3 aromatic rings. The van der Waals surface area contributed by atoms with Crippen molar-refractivity contribution in [2.24, 2.45) is 10.8 Å². The molecule has 0 aliphatic rings. The lowest BCUT2D eigenvalue weighted by molar-refractivity contribution is 0.0996. The molecule has 11 heteroatoms. The molecule has 0 aliphatic heterocycles. The first kappa shape index (κ1) is 25.4. The van der Waals surface area contributed by atoms with Crippen molar-refractivity contribution < 1.29 is 32.2 Å². The maximum Gasteiger partial charge on any atom is 0.276 e. The molecule has 3 rings (SSSR count). The number of carbonyl (C=O) groups is 1. The van der Waals surface area contributed by atoms with Crippen LogP contribution in [0.25, 0.3) is 0 Å². The number of ether oxygens (including phenoxy) is 4. The van der Waals surface area contributed by atoms with Crippen molar-refractivity contribution in [1.82, 2.24) is 4.83 Å². The number of hydrogen-bond acceptors (Lipinski definition) is 8. The van der Waals surface area contributed by atoms with Gasteiger partial charge in [0.15, 0.2) is 11.5 Å². The quantitative estimate of drug-likeness (QED) is 0.305. The third-order valence-corrected chi connectivity index (χ3v) is 6.11. The number of rotatable bonds is 11. The van der Waals surface area contributed by atoms with Gasteiger partial charge in [-0.15, -0.1) is 0 Å². The van der Waals surface area contributed by atoms with Gasteiger partial charge in [-0.3, -0.25) is 4.79 Å². The van der Waals surface area contributed by atoms with E-state index in [1.807, 2.05) is 0 Å². The van der Waals surface area contributed by atoms with Crippen LogP contribution in [0.3, 0.4) is 0 Å². The van der Waals surface area contributed by atoms with Crippen molar-refractivity contribution in [2.75, 3.05) is 21.3 Å². The topological polar surface area (TPSA) is 139 Å². The molecule has 0 saturated carbocycles. The van der Waals surface area contributed by atoms with Crippen LogP contribution in [-0.2, 0) is 16.6 Å². The Labute approximate surface area is 203 Å². The van der Waals surface area contributed by atoms with Gasteiger partial charge in [-0.25, -0.2) is 4.83 Å². The van der Waals surface area contributed by atoms with Crippen molar-refractivity contribution in [2.45, 2.75) is 11.5 Å². The number of benzene rings is 3. The number of carbonyl (C=O) groups excluding carboxylic acids is 1. The van der Waals surface area contributed by atoms with E-state index >= 15 is 0 Å². The largest absolute Gasteiger partial charge is 0.496 e. The third kappa shape index (κ3) is 6.21. The lowest BCUT2D eigenvalue weighted by Gasteiger charge is -2.13. The average molecular weight is 500 g/mol. The van der Waals surface area contributed by atoms with Crippen molar-refractivity contribution in [1.29, 1.82) is 0 Å². The predicted molar refractivity (Wildman–Crippen MR) is 130 cm³/mol. The summed E-state index contributed by atoms with van der Waals surface area (Å²) in [6.07, 6.45) is 1.35. The smallest absolute Gasteiger partial charge is 0.276 e. The summed E-state index contributed by atoms with van der Waals surface area (Å²) in [6, 6.07) is 16.0. The summed E-state index contributed by atoms with van der Waals surface area (Å²) in [6.45, 7) is 0.0759. The number of nitrogens with zero attached hydrogens (tertiary/aromatic N) is 1. The zero-order chi connectivity index (χ0) is 25.4. The fourth-order valence-corrected chi connectivity index (χ4v) is 3.96. The number of primary amides is 1. The minimum Gasteiger partial charge on any atom is -0.496 e. The van der Waals surface area contributed by atoms with E-state index in [0.717, 1.165) is 0 Å². The summed E-state index contributed by atoms with van der Waals surface area (Å²) in [5.41, 5.74) is 6.89. The molecule has 10 nitrogen and oxygen atoms in total. The number of methoxy groups -OCH3 is 3. The van der Waals surface area contributed by atoms with Crippen LogP contribution >= 0.6 is 0 Å². The first-order valence-corrected chi connectivity index (χ1v) is 11.7. The highest BCUT2D eigenvalue weighted by atomic mass is 32.2. The molecule has 0 radical (unpaired) electrons. The molecular weight excluding hydrogens is 474 g/mol. The van der Waals surface area contributed by atoms with Crippen LogP contribution in [0.5, 0.6) is 23.0 Å².